The summed E-state index contributed by atoms with van der Waals surface area (Å²) in [5.74, 6) is -1.17. The van der Waals surface area contributed by atoms with Gasteiger partial charge in [-0.3, -0.25) is 4.79 Å². The molecule has 3 atom stereocenters. The molecule has 1 amide bonds. The molecule has 0 saturated carbocycles. The Labute approximate surface area is 176 Å². The number of anilines is 1. The summed E-state index contributed by atoms with van der Waals surface area (Å²) in [5, 5.41) is 13.9. The van der Waals surface area contributed by atoms with Gasteiger partial charge in [-0.05, 0) is 63.7 Å². The molecule has 1 unspecified atom stereocenters. The summed E-state index contributed by atoms with van der Waals surface area (Å²) in [6, 6.07) is 3.30. The van der Waals surface area contributed by atoms with E-state index < -0.39 is 23.7 Å². The van der Waals surface area contributed by atoms with Crippen LogP contribution in [0.4, 0.5) is 5.82 Å². The molecule has 158 valence electrons. The number of amides is 1. The summed E-state index contributed by atoms with van der Waals surface area (Å²) in [5.41, 5.74) is 5.54. The highest BCUT2D eigenvalue weighted by Crippen LogP contribution is 2.35. The number of nitrogens with one attached hydrogen (secondary N) is 1. The molecular weight excluding hydrogens is 394 g/mol. The van der Waals surface area contributed by atoms with Crippen LogP contribution in [0.15, 0.2) is 41.6 Å². The topological polar surface area (TPSA) is 115 Å². The van der Waals surface area contributed by atoms with Crippen LogP contribution in [-0.2, 0) is 14.3 Å². The lowest BCUT2D eigenvalue weighted by Gasteiger charge is -2.31. The molecule has 1 aromatic heterocycles. The Morgan fingerprint density at radius 3 is 2.59 bits per heavy atom. The van der Waals surface area contributed by atoms with Crippen LogP contribution in [0.2, 0.25) is 5.02 Å². The van der Waals surface area contributed by atoms with Gasteiger partial charge in [0, 0.05) is 11.8 Å². The number of primary amides is 1. The fraction of sp³-hybridized carbons (Fsp3) is 0.476. The quantitative estimate of drug-likeness (QED) is 0.460. The van der Waals surface area contributed by atoms with E-state index in [0.29, 0.717) is 28.4 Å². The van der Waals surface area contributed by atoms with Crippen LogP contribution in [0.5, 0.6) is 0 Å². The largest absolute Gasteiger partial charge is 0.456 e. The molecule has 0 spiro atoms. The Kier molecular flexibility index (Phi) is 7.43. The first-order valence-corrected chi connectivity index (χ1v) is 9.90. The minimum Gasteiger partial charge on any atom is -0.456 e. The Hall–Kier alpha value is -2.38. The lowest BCUT2D eigenvalue weighted by Crippen LogP contribution is -2.34. The predicted octanol–water partition coefficient (Wildman–Crippen LogP) is 3.19. The average Bonchev–Trinajstić information content (AvgIpc) is 2.62. The van der Waals surface area contributed by atoms with Gasteiger partial charge in [-0.15, -0.1) is 0 Å². The minimum absolute atomic E-state index is 0.153. The SMILES string of the molecule is CC[C@H]1C=C(C(=O)OC(C)(C)C)C=C(C(N)=O)C1C[C@H](O)Nc1ccc(Cl)cn1. The van der Waals surface area contributed by atoms with Gasteiger partial charge in [0.2, 0.25) is 5.91 Å². The number of carbonyl (C=O) groups excluding carboxylic acids is 2. The molecule has 0 bridgehead atoms. The van der Waals surface area contributed by atoms with Gasteiger partial charge in [-0.1, -0.05) is 24.6 Å². The molecule has 0 radical (unpaired) electrons. The van der Waals surface area contributed by atoms with Gasteiger partial charge in [-0.2, -0.15) is 0 Å². The highest BCUT2D eigenvalue weighted by molar-refractivity contribution is 6.30. The zero-order valence-corrected chi connectivity index (χ0v) is 17.9. The molecule has 2 rings (SSSR count). The van der Waals surface area contributed by atoms with Crippen molar-refractivity contribution in [2.24, 2.45) is 17.6 Å². The van der Waals surface area contributed by atoms with Crippen LogP contribution in [0.3, 0.4) is 0 Å². The van der Waals surface area contributed by atoms with E-state index in [1.165, 1.54) is 12.3 Å². The first-order valence-electron chi connectivity index (χ1n) is 9.53. The highest BCUT2D eigenvalue weighted by atomic mass is 35.5. The number of pyridine rings is 1. The number of halogens is 1. The second-order valence-electron chi connectivity index (χ2n) is 8.02. The van der Waals surface area contributed by atoms with Crippen LogP contribution in [-0.4, -0.2) is 33.8 Å². The fourth-order valence-electron chi connectivity index (χ4n) is 3.25. The van der Waals surface area contributed by atoms with Gasteiger partial charge < -0.3 is 20.9 Å². The number of ether oxygens (including phenoxy) is 1. The van der Waals surface area contributed by atoms with Crippen molar-refractivity contribution in [3.8, 4) is 0 Å². The van der Waals surface area contributed by atoms with Gasteiger partial charge in [0.15, 0.2) is 0 Å². The highest BCUT2D eigenvalue weighted by Gasteiger charge is 2.33. The molecular formula is C21H28ClN3O4. The smallest absolute Gasteiger partial charge is 0.338 e. The molecule has 0 aliphatic heterocycles. The maximum atomic E-state index is 12.5. The number of aromatic nitrogens is 1. The molecule has 1 heterocycles. The van der Waals surface area contributed by atoms with Crippen molar-refractivity contribution in [3.63, 3.8) is 0 Å². The number of hydrogen-bond acceptors (Lipinski definition) is 6. The van der Waals surface area contributed by atoms with Crippen LogP contribution in [0, 0.1) is 11.8 Å². The number of esters is 1. The van der Waals surface area contributed by atoms with Gasteiger partial charge >= 0.3 is 5.97 Å². The normalized spacial score (nSPS) is 20.3. The van der Waals surface area contributed by atoms with Crippen LogP contribution < -0.4 is 11.1 Å². The molecule has 0 saturated heterocycles. The van der Waals surface area contributed by atoms with E-state index in [1.54, 1.807) is 39.0 Å². The summed E-state index contributed by atoms with van der Waals surface area (Å²) in [6.07, 6.45) is 4.64. The molecule has 7 nitrogen and oxygen atoms in total. The monoisotopic (exact) mass is 421 g/mol. The minimum atomic E-state index is -0.970. The number of allylic oxidation sites excluding steroid dienone is 1. The summed E-state index contributed by atoms with van der Waals surface area (Å²) >= 11 is 5.82. The van der Waals surface area contributed by atoms with Crippen molar-refractivity contribution >= 4 is 29.3 Å². The van der Waals surface area contributed by atoms with Gasteiger partial charge in [0.25, 0.3) is 0 Å². The maximum Gasteiger partial charge on any atom is 0.338 e. The number of nitrogens with two attached hydrogens (primary N) is 1. The second kappa shape index (κ2) is 9.41. The standard InChI is InChI=1S/C21H28ClN3O4/c1-5-12-8-13(20(28)29-21(2,3)4)9-16(19(23)27)15(12)10-18(26)25-17-7-6-14(22)11-24-17/h6-9,11-12,15,18,26H,5,10H2,1-4H3,(H2,23,27)(H,24,25)/t12-,15?,18-/m0/s1. The summed E-state index contributed by atoms with van der Waals surface area (Å²) in [6.45, 7) is 7.28. The number of hydrogen-bond donors (Lipinski definition) is 3. The third kappa shape index (κ3) is 6.58. The van der Waals surface area contributed by atoms with E-state index in [0.717, 1.165) is 0 Å². The molecule has 0 fully saturated rings. The number of aliphatic hydroxyl groups is 1. The first-order chi connectivity index (χ1) is 13.5. The number of aliphatic hydroxyl groups excluding tert-OH is 1. The van der Waals surface area contributed by atoms with Crippen molar-refractivity contribution in [2.45, 2.75) is 52.4 Å². The first kappa shape index (κ1) is 22.9. The van der Waals surface area contributed by atoms with E-state index in [-0.39, 0.29) is 18.3 Å². The zero-order chi connectivity index (χ0) is 21.8. The molecule has 1 aliphatic rings. The molecule has 8 heteroatoms. The van der Waals surface area contributed by atoms with Crippen molar-refractivity contribution in [1.29, 1.82) is 0 Å². The number of rotatable bonds is 7. The Bertz CT molecular complexity index is 812. The predicted molar refractivity (Wildman–Crippen MR) is 112 cm³/mol. The van der Waals surface area contributed by atoms with Crippen molar-refractivity contribution < 1.29 is 19.4 Å². The molecule has 1 aromatic rings. The molecule has 4 N–H and O–H groups in total. The van der Waals surface area contributed by atoms with E-state index in [1.807, 2.05) is 6.92 Å². The molecule has 29 heavy (non-hydrogen) atoms. The van der Waals surface area contributed by atoms with Crippen molar-refractivity contribution in [2.75, 3.05) is 5.32 Å². The number of nitrogens with zero attached hydrogens (tertiary/aromatic N) is 1. The summed E-state index contributed by atoms with van der Waals surface area (Å²) < 4.78 is 5.42. The Morgan fingerprint density at radius 1 is 1.38 bits per heavy atom. The van der Waals surface area contributed by atoms with E-state index in [9.17, 15) is 14.7 Å². The van der Waals surface area contributed by atoms with Gasteiger partial charge in [-0.25, -0.2) is 9.78 Å². The Morgan fingerprint density at radius 2 is 2.07 bits per heavy atom. The van der Waals surface area contributed by atoms with Crippen LogP contribution >= 0.6 is 11.6 Å². The van der Waals surface area contributed by atoms with Crippen molar-refractivity contribution in [3.05, 3.63) is 46.7 Å². The lowest BCUT2D eigenvalue weighted by atomic mass is 9.76. The summed E-state index contributed by atoms with van der Waals surface area (Å²) in [4.78, 5) is 28.7. The second-order valence-corrected chi connectivity index (χ2v) is 8.46. The zero-order valence-electron chi connectivity index (χ0n) is 17.1. The molecule has 1 aliphatic carbocycles. The summed E-state index contributed by atoms with van der Waals surface area (Å²) in [7, 11) is 0. The van der Waals surface area contributed by atoms with E-state index in [4.69, 9.17) is 22.1 Å². The average molecular weight is 422 g/mol. The maximum absolute atomic E-state index is 12.5. The lowest BCUT2D eigenvalue weighted by molar-refractivity contribution is -0.149. The fourth-order valence-corrected chi connectivity index (χ4v) is 3.37. The van der Waals surface area contributed by atoms with Crippen molar-refractivity contribution in [1.82, 2.24) is 4.98 Å². The number of carbonyl (C=O) groups is 2. The van der Waals surface area contributed by atoms with Crippen LogP contribution in [0.1, 0.15) is 40.5 Å². The van der Waals surface area contributed by atoms with Gasteiger partial charge in [0.05, 0.1) is 10.6 Å². The van der Waals surface area contributed by atoms with E-state index >= 15 is 0 Å². The third-order valence-corrected chi connectivity index (χ3v) is 4.75. The Balaban J connectivity index is 2.20. The third-order valence-electron chi connectivity index (χ3n) is 4.53. The van der Waals surface area contributed by atoms with Crippen LogP contribution in [0.25, 0.3) is 0 Å². The molecule has 0 aromatic carbocycles. The van der Waals surface area contributed by atoms with Gasteiger partial charge in [0.1, 0.15) is 17.6 Å². The van der Waals surface area contributed by atoms with E-state index in [2.05, 4.69) is 10.3 Å².